The Kier molecular flexibility index (Phi) is 6.19. The summed E-state index contributed by atoms with van der Waals surface area (Å²) in [6.45, 7) is 7.83. The Hall–Kier alpha value is -0.960. The Morgan fingerprint density at radius 3 is 2.12 bits per heavy atom. The van der Waals surface area contributed by atoms with Crippen LogP contribution in [0.1, 0.15) is 51.7 Å². The summed E-state index contributed by atoms with van der Waals surface area (Å²) >= 11 is 0. The van der Waals surface area contributed by atoms with Crippen molar-refractivity contribution in [2.75, 3.05) is 0 Å². The SMILES string of the molecule is CC(C)(N)c1cccc(C(F)F)c1.CCC. The lowest BCUT2D eigenvalue weighted by Crippen LogP contribution is -2.28. The minimum absolute atomic E-state index is 0.0241. The maximum Gasteiger partial charge on any atom is 0.263 e. The van der Waals surface area contributed by atoms with Crippen LogP contribution in [0.3, 0.4) is 0 Å². The molecule has 0 spiro atoms. The van der Waals surface area contributed by atoms with Crippen molar-refractivity contribution in [1.82, 2.24) is 0 Å². The van der Waals surface area contributed by atoms with Gasteiger partial charge >= 0.3 is 0 Å². The van der Waals surface area contributed by atoms with Crippen LogP contribution in [0.15, 0.2) is 24.3 Å². The van der Waals surface area contributed by atoms with Crippen molar-refractivity contribution in [2.45, 2.75) is 46.1 Å². The van der Waals surface area contributed by atoms with Gasteiger partial charge < -0.3 is 5.73 Å². The molecule has 0 bridgehead atoms. The van der Waals surface area contributed by atoms with Gasteiger partial charge in [-0.15, -0.1) is 0 Å². The largest absolute Gasteiger partial charge is 0.322 e. The molecule has 1 aromatic carbocycles. The summed E-state index contributed by atoms with van der Waals surface area (Å²) in [6.07, 6.45) is -1.18. The van der Waals surface area contributed by atoms with E-state index in [1.807, 2.05) is 0 Å². The van der Waals surface area contributed by atoms with Crippen LogP contribution >= 0.6 is 0 Å². The van der Waals surface area contributed by atoms with Crippen molar-refractivity contribution in [1.29, 1.82) is 0 Å². The molecule has 0 unspecified atom stereocenters. The Balaban J connectivity index is 0.000000673. The van der Waals surface area contributed by atoms with Gasteiger partial charge in [0.15, 0.2) is 0 Å². The minimum Gasteiger partial charge on any atom is -0.322 e. The van der Waals surface area contributed by atoms with Gasteiger partial charge in [-0.25, -0.2) is 8.78 Å². The molecule has 0 atom stereocenters. The van der Waals surface area contributed by atoms with Crippen molar-refractivity contribution >= 4 is 0 Å². The number of benzene rings is 1. The van der Waals surface area contributed by atoms with Gasteiger partial charge in [-0.3, -0.25) is 0 Å². The number of halogens is 2. The van der Waals surface area contributed by atoms with E-state index in [0.29, 0.717) is 0 Å². The molecular weight excluding hydrogens is 208 g/mol. The Labute approximate surface area is 96.7 Å². The van der Waals surface area contributed by atoms with Crippen LogP contribution in [0.25, 0.3) is 0 Å². The predicted octanol–water partition coefficient (Wildman–Crippen LogP) is 4.23. The lowest BCUT2D eigenvalue weighted by Gasteiger charge is -2.19. The molecule has 0 heterocycles. The molecular formula is C13H21F2N. The fraction of sp³-hybridized carbons (Fsp3) is 0.538. The van der Waals surface area contributed by atoms with E-state index < -0.39 is 12.0 Å². The van der Waals surface area contributed by atoms with Crippen LogP contribution in [0.5, 0.6) is 0 Å². The summed E-state index contributed by atoms with van der Waals surface area (Å²) in [5, 5.41) is 0. The quantitative estimate of drug-likeness (QED) is 0.806. The third kappa shape index (κ3) is 5.21. The van der Waals surface area contributed by atoms with Crippen LogP contribution in [-0.4, -0.2) is 0 Å². The second-order valence-corrected chi connectivity index (χ2v) is 4.35. The molecule has 1 rings (SSSR count). The zero-order chi connectivity index (χ0) is 12.8. The van der Waals surface area contributed by atoms with Crippen LogP contribution in [-0.2, 0) is 5.54 Å². The molecule has 1 aromatic rings. The van der Waals surface area contributed by atoms with Crippen LogP contribution in [0.4, 0.5) is 8.78 Å². The molecule has 0 aliphatic carbocycles. The molecule has 1 nitrogen and oxygen atoms in total. The fourth-order valence-electron chi connectivity index (χ4n) is 1.08. The van der Waals surface area contributed by atoms with Crippen molar-refractivity contribution in [2.24, 2.45) is 5.73 Å². The Morgan fingerprint density at radius 2 is 1.75 bits per heavy atom. The highest BCUT2D eigenvalue weighted by molar-refractivity contribution is 5.28. The minimum atomic E-state index is -2.43. The molecule has 16 heavy (non-hydrogen) atoms. The number of rotatable bonds is 2. The van der Waals surface area contributed by atoms with E-state index in [-0.39, 0.29) is 5.56 Å². The lowest BCUT2D eigenvalue weighted by atomic mass is 9.94. The summed E-state index contributed by atoms with van der Waals surface area (Å²) in [7, 11) is 0. The van der Waals surface area contributed by atoms with Crippen LogP contribution in [0.2, 0.25) is 0 Å². The smallest absolute Gasteiger partial charge is 0.263 e. The average Bonchev–Trinajstić information content (AvgIpc) is 2.18. The van der Waals surface area contributed by atoms with E-state index in [0.717, 1.165) is 5.56 Å². The Bertz CT molecular complexity index is 303. The molecule has 92 valence electrons. The summed E-state index contributed by atoms with van der Waals surface area (Å²) in [6, 6.07) is 6.21. The first kappa shape index (κ1) is 15.0. The van der Waals surface area contributed by atoms with Gasteiger partial charge in [0, 0.05) is 11.1 Å². The van der Waals surface area contributed by atoms with Gasteiger partial charge in [-0.1, -0.05) is 38.5 Å². The number of alkyl halides is 2. The standard InChI is InChI=1S/C10H13F2N.C3H8/c1-10(2,13)8-5-3-4-7(6-8)9(11)12;1-3-2/h3-6,9H,13H2,1-2H3;3H2,1-2H3. The first-order valence-corrected chi connectivity index (χ1v) is 5.50. The van der Waals surface area contributed by atoms with Gasteiger partial charge in [0.2, 0.25) is 0 Å². The van der Waals surface area contributed by atoms with Crippen molar-refractivity contribution in [3.63, 3.8) is 0 Å². The topological polar surface area (TPSA) is 26.0 Å². The van der Waals surface area contributed by atoms with Gasteiger partial charge in [-0.2, -0.15) is 0 Å². The average molecular weight is 229 g/mol. The zero-order valence-corrected chi connectivity index (χ0v) is 10.4. The maximum absolute atomic E-state index is 12.3. The van der Waals surface area contributed by atoms with E-state index in [1.54, 1.807) is 26.0 Å². The first-order chi connectivity index (χ1) is 7.32. The number of hydrogen-bond donors (Lipinski definition) is 1. The van der Waals surface area contributed by atoms with Gasteiger partial charge in [0.1, 0.15) is 0 Å². The van der Waals surface area contributed by atoms with Gasteiger partial charge in [-0.05, 0) is 25.5 Å². The molecule has 0 aliphatic rings. The van der Waals surface area contributed by atoms with Crippen molar-refractivity contribution < 1.29 is 8.78 Å². The fourth-order valence-corrected chi connectivity index (χ4v) is 1.08. The second kappa shape index (κ2) is 6.59. The molecule has 0 aliphatic heterocycles. The van der Waals surface area contributed by atoms with E-state index in [1.165, 1.54) is 18.6 Å². The molecule has 0 aromatic heterocycles. The van der Waals surface area contributed by atoms with Crippen LogP contribution in [0, 0.1) is 0 Å². The number of nitrogens with two attached hydrogens (primary N) is 1. The highest BCUT2D eigenvalue weighted by Crippen LogP contribution is 2.23. The Morgan fingerprint density at radius 1 is 1.25 bits per heavy atom. The highest BCUT2D eigenvalue weighted by atomic mass is 19.3. The van der Waals surface area contributed by atoms with E-state index in [9.17, 15) is 8.78 Å². The van der Waals surface area contributed by atoms with Gasteiger partial charge in [0.25, 0.3) is 6.43 Å². The normalized spacial score (nSPS) is 11.0. The summed E-state index contributed by atoms with van der Waals surface area (Å²) < 4.78 is 24.6. The van der Waals surface area contributed by atoms with Crippen LogP contribution < -0.4 is 5.73 Å². The first-order valence-electron chi connectivity index (χ1n) is 5.50. The molecule has 2 N–H and O–H groups in total. The lowest BCUT2D eigenvalue weighted by molar-refractivity contribution is 0.151. The maximum atomic E-state index is 12.3. The predicted molar refractivity (Wildman–Crippen MR) is 64.6 cm³/mol. The van der Waals surface area contributed by atoms with E-state index >= 15 is 0 Å². The molecule has 0 radical (unpaired) electrons. The van der Waals surface area contributed by atoms with E-state index in [2.05, 4.69) is 13.8 Å². The molecule has 3 heteroatoms. The second-order valence-electron chi connectivity index (χ2n) is 4.35. The third-order valence-electron chi connectivity index (χ3n) is 1.88. The monoisotopic (exact) mass is 229 g/mol. The molecule has 0 fully saturated rings. The molecule has 0 saturated heterocycles. The van der Waals surface area contributed by atoms with Crippen molar-refractivity contribution in [3.8, 4) is 0 Å². The third-order valence-corrected chi connectivity index (χ3v) is 1.88. The summed E-state index contributed by atoms with van der Waals surface area (Å²) in [4.78, 5) is 0. The van der Waals surface area contributed by atoms with E-state index in [4.69, 9.17) is 5.73 Å². The summed E-state index contributed by atoms with van der Waals surface area (Å²) in [5.41, 5.74) is 5.97. The molecule has 0 amide bonds. The van der Waals surface area contributed by atoms with Gasteiger partial charge in [0.05, 0.1) is 0 Å². The highest BCUT2D eigenvalue weighted by Gasteiger charge is 2.16. The molecule has 0 saturated carbocycles. The van der Waals surface area contributed by atoms with Crippen molar-refractivity contribution in [3.05, 3.63) is 35.4 Å². The number of hydrogen-bond acceptors (Lipinski definition) is 1. The summed E-state index contributed by atoms with van der Waals surface area (Å²) in [5.74, 6) is 0. The zero-order valence-electron chi connectivity index (χ0n) is 10.4.